The van der Waals surface area contributed by atoms with E-state index in [1.807, 2.05) is 12.3 Å². The van der Waals surface area contributed by atoms with Crippen LogP contribution in [-0.2, 0) is 11.2 Å². The number of nitrogens with two attached hydrogens (primary N) is 1. The van der Waals surface area contributed by atoms with E-state index in [1.54, 1.807) is 13.3 Å². The van der Waals surface area contributed by atoms with Gasteiger partial charge in [-0.05, 0) is 36.8 Å². The molecule has 4 nitrogen and oxygen atoms in total. The number of ether oxygens (including phenoxy) is 1. The Bertz CT molecular complexity index is 292. The highest BCUT2D eigenvalue weighted by Gasteiger charge is 2.15. The van der Waals surface area contributed by atoms with E-state index >= 15 is 0 Å². The zero-order valence-corrected chi connectivity index (χ0v) is 10.7. The van der Waals surface area contributed by atoms with Crippen molar-refractivity contribution >= 4 is 0 Å². The Kier molecular flexibility index (Phi) is 6.77. The standard InChI is InChI=1S/C13H23N3O/c1-11(7-9-17-2)13(16-14)6-5-12-4-3-8-15-10-12/h3-4,8,10-11,13,16H,5-7,9,14H2,1-2H3. The predicted octanol–water partition coefficient (Wildman–Crippen LogP) is 1.52. The van der Waals surface area contributed by atoms with E-state index in [1.165, 1.54) is 5.56 Å². The van der Waals surface area contributed by atoms with Gasteiger partial charge in [0.1, 0.15) is 0 Å². The lowest BCUT2D eigenvalue weighted by Crippen LogP contribution is -2.40. The van der Waals surface area contributed by atoms with Crippen LogP contribution in [0.2, 0.25) is 0 Å². The molecule has 17 heavy (non-hydrogen) atoms. The fraction of sp³-hybridized carbons (Fsp3) is 0.615. The van der Waals surface area contributed by atoms with Crippen LogP contribution in [0.4, 0.5) is 0 Å². The maximum absolute atomic E-state index is 5.60. The number of aromatic nitrogens is 1. The highest BCUT2D eigenvalue weighted by Crippen LogP contribution is 2.13. The first-order valence-corrected chi connectivity index (χ1v) is 6.12. The largest absolute Gasteiger partial charge is 0.385 e. The van der Waals surface area contributed by atoms with Gasteiger partial charge in [-0.15, -0.1) is 0 Å². The van der Waals surface area contributed by atoms with Crippen LogP contribution in [0.3, 0.4) is 0 Å². The van der Waals surface area contributed by atoms with E-state index < -0.39 is 0 Å². The Morgan fingerprint density at radius 1 is 1.47 bits per heavy atom. The average molecular weight is 237 g/mol. The van der Waals surface area contributed by atoms with Gasteiger partial charge in [0.2, 0.25) is 0 Å². The van der Waals surface area contributed by atoms with Gasteiger partial charge in [-0.3, -0.25) is 16.3 Å². The summed E-state index contributed by atoms with van der Waals surface area (Å²) in [5.41, 5.74) is 4.16. The Morgan fingerprint density at radius 2 is 2.29 bits per heavy atom. The molecule has 1 rings (SSSR count). The molecular formula is C13H23N3O. The molecule has 0 aliphatic heterocycles. The van der Waals surface area contributed by atoms with Crippen molar-refractivity contribution in [3.8, 4) is 0 Å². The molecule has 1 aromatic rings. The molecule has 1 heterocycles. The maximum atomic E-state index is 5.60. The van der Waals surface area contributed by atoms with Crippen LogP contribution in [0.25, 0.3) is 0 Å². The predicted molar refractivity (Wildman–Crippen MR) is 69.3 cm³/mol. The highest BCUT2D eigenvalue weighted by molar-refractivity contribution is 5.08. The number of rotatable bonds is 8. The van der Waals surface area contributed by atoms with E-state index in [-0.39, 0.29) is 0 Å². The molecule has 0 spiro atoms. The highest BCUT2D eigenvalue weighted by atomic mass is 16.5. The van der Waals surface area contributed by atoms with Gasteiger partial charge in [0.05, 0.1) is 0 Å². The average Bonchev–Trinajstić information content (AvgIpc) is 2.38. The molecule has 0 fully saturated rings. The zero-order chi connectivity index (χ0) is 12.5. The topological polar surface area (TPSA) is 60.2 Å². The summed E-state index contributed by atoms with van der Waals surface area (Å²) < 4.78 is 5.09. The zero-order valence-electron chi connectivity index (χ0n) is 10.7. The Labute approximate surface area is 104 Å². The quantitative estimate of drug-likeness (QED) is 0.531. The minimum Gasteiger partial charge on any atom is -0.385 e. The van der Waals surface area contributed by atoms with Crippen molar-refractivity contribution in [2.24, 2.45) is 11.8 Å². The van der Waals surface area contributed by atoms with Crippen molar-refractivity contribution in [3.05, 3.63) is 30.1 Å². The van der Waals surface area contributed by atoms with E-state index in [2.05, 4.69) is 23.4 Å². The normalized spacial score (nSPS) is 14.5. The van der Waals surface area contributed by atoms with Crippen molar-refractivity contribution < 1.29 is 4.74 Å². The first-order valence-electron chi connectivity index (χ1n) is 6.12. The van der Waals surface area contributed by atoms with Gasteiger partial charge in [-0.25, -0.2) is 0 Å². The molecule has 0 aromatic carbocycles. The van der Waals surface area contributed by atoms with Crippen LogP contribution >= 0.6 is 0 Å². The van der Waals surface area contributed by atoms with Crippen LogP contribution in [0.5, 0.6) is 0 Å². The summed E-state index contributed by atoms with van der Waals surface area (Å²) in [6.07, 6.45) is 6.75. The third-order valence-electron chi connectivity index (χ3n) is 3.15. The third kappa shape index (κ3) is 5.26. The molecule has 96 valence electrons. The summed E-state index contributed by atoms with van der Waals surface area (Å²) in [5, 5.41) is 0. The molecule has 0 aliphatic rings. The molecule has 2 atom stereocenters. The van der Waals surface area contributed by atoms with Crippen LogP contribution in [-0.4, -0.2) is 24.7 Å². The third-order valence-corrected chi connectivity index (χ3v) is 3.15. The summed E-state index contributed by atoms with van der Waals surface area (Å²) in [4.78, 5) is 4.11. The summed E-state index contributed by atoms with van der Waals surface area (Å²) in [6, 6.07) is 4.39. The molecule has 2 unspecified atom stereocenters. The van der Waals surface area contributed by atoms with Crippen molar-refractivity contribution in [1.82, 2.24) is 10.4 Å². The number of hydrazine groups is 1. The van der Waals surface area contributed by atoms with Crippen LogP contribution in [0.1, 0.15) is 25.3 Å². The van der Waals surface area contributed by atoms with Crippen molar-refractivity contribution in [2.75, 3.05) is 13.7 Å². The van der Waals surface area contributed by atoms with Gasteiger partial charge in [0.15, 0.2) is 0 Å². The second kappa shape index (κ2) is 8.17. The number of methoxy groups -OCH3 is 1. The molecular weight excluding hydrogens is 214 g/mol. The number of pyridine rings is 1. The first-order chi connectivity index (χ1) is 8.27. The lowest BCUT2D eigenvalue weighted by atomic mass is 9.94. The van der Waals surface area contributed by atoms with E-state index in [0.29, 0.717) is 12.0 Å². The van der Waals surface area contributed by atoms with Crippen molar-refractivity contribution in [2.45, 2.75) is 32.2 Å². The summed E-state index contributed by atoms with van der Waals surface area (Å²) in [7, 11) is 1.73. The Morgan fingerprint density at radius 3 is 2.88 bits per heavy atom. The fourth-order valence-electron chi connectivity index (χ4n) is 1.91. The molecule has 0 radical (unpaired) electrons. The Hall–Kier alpha value is -0.970. The molecule has 0 aliphatic carbocycles. The van der Waals surface area contributed by atoms with Gasteiger partial charge in [-0.1, -0.05) is 13.0 Å². The minimum atomic E-state index is 0.324. The monoisotopic (exact) mass is 237 g/mol. The second-order valence-corrected chi connectivity index (χ2v) is 4.43. The molecule has 0 bridgehead atoms. The molecule has 0 saturated carbocycles. The van der Waals surface area contributed by atoms with Gasteiger partial charge in [-0.2, -0.15) is 0 Å². The lowest BCUT2D eigenvalue weighted by Gasteiger charge is -2.23. The lowest BCUT2D eigenvalue weighted by molar-refractivity contribution is 0.168. The Balaban J connectivity index is 2.36. The van der Waals surface area contributed by atoms with Gasteiger partial charge in [0.25, 0.3) is 0 Å². The summed E-state index contributed by atoms with van der Waals surface area (Å²) in [5.74, 6) is 6.11. The SMILES string of the molecule is COCCC(C)C(CCc1cccnc1)NN. The van der Waals surface area contributed by atoms with Gasteiger partial charge < -0.3 is 4.74 Å². The molecule has 1 aromatic heterocycles. The number of hydrogen-bond donors (Lipinski definition) is 2. The summed E-state index contributed by atoms with van der Waals surface area (Å²) >= 11 is 0. The van der Waals surface area contributed by atoms with E-state index in [9.17, 15) is 0 Å². The number of nitrogens with one attached hydrogen (secondary N) is 1. The molecule has 0 saturated heterocycles. The van der Waals surface area contributed by atoms with Crippen molar-refractivity contribution in [1.29, 1.82) is 0 Å². The van der Waals surface area contributed by atoms with Crippen molar-refractivity contribution in [3.63, 3.8) is 0 Å². The second-order valence-electron chi connectivity index (χ2n) is 4.43. The van der Waals surface area contributed by atoms with E-state index in [4.69, 9.17) is 10.6 Å². The van der Waals surface area contributed by atoms with Crippen LogP contribution in [0.15, 0.2) is 24.5 Å². The first kappa shape index (κ1) is 14.1. The molecule has 3 N–H and O–H groups in total. The minimum absolute atomic E-state index is 0.324. The van der Waals surface area contributed by atoms with E-state index in [0.717, 1.165) is 25.9 Å². The van der Waals surface area contributed by atoms with Gasteiger partial charge >= 0.3 is 0 Å². The number of hydrogen-bond acceptors (Lipinski definition) is 4. The fourth-order valence-corrected chi connectivity index (χ4v) is 1.91. The number of aryl methyl sites for hydroxylation is 1. The molecule has 0 amide bonds. The van der Waals surface area contributed by atoms with Crippen LogP contribution in [0, 0.1) is 5.92 Å². The summed E-state index contributed by atoms with van der Waals surface area (Å²) in [6.45, 7) is 2.99. The van der Waals surface area contributed by atoms with Crippen LogP contribution < -0.4 is 11.3 Å². The van der Waals surface area contributed by atoms with Gasteiger partial charge in [0, 0.05) is 32.2 Å². The number of nitrogens with zero attached hydrogens (tertiary/aromatic N) is 1. The smallest absolute Gasteiger partial charge is 0.0465 e. The molecule has 4 heteroatoms. The maximum Gasteiger partial charge on any atom is 0.0465 e.